The first-order valence-corrected chi connectivity index (χ1v) is 5.97. The molecule has 84 valence electrons. The van der Waals surface area contributed by atoms with E-state index in [0.29, 0.717) is 6.54 Å². The van der Waals surface area contributed by atoms with Crippen LogP contribution in [0.4, 0.5) is 4.39 Å². The molecule has 0 aliphatic heterocycles. The molecule has 4 heteroatoms. The predicted octanol–water partition coefficient (Wildman–Crippen LogP) is 2.16. The van der Waals surface area contributed by atoms with E-state index in [2.05, 4.69) is 0 Å². The van der Waals surface area contributed by atoms with Crippen LogP contribution in [0.15, 0.2) is 18.2 Å². The van der Waals surface area contributed by atoms with E-state index in [1.54, 1.807) is 24.9 Å². The van der Waals surface area contributed by atoms with Crippen LogP contribution in [0.3, 0.4) is 0 Å². The summed E-state index contributed by atoms with van der Waals surface area (Å²) in [5, 5.41) is 0. The highest BCUT2D eigenvalue weighted by molar-refractivity contribution is 7.98. The third-order valence-corrected chi connectivity index (χ3v) is 3.05. The Morgan fingerprint density at radius 3 is 2.87 bits per heavy atom. The van der Waals surface area contributed by atoms with E-state index in [4.69, 9.17) is 10.5 Å². The standard InChI is InChI=1S/C11H16FNOS/c1-14-4-5-15-8-9-2-3-11(12)6-10(9)7-13/h2-3,6H,4-5,7-8,13H2,1H3. The van der Waals surface area contributed by atoms with Gasteiger partial charge in [-0.05, 0) is 23.3 Å². The quantitative estimate of drug-likeness (QED) is 0.759. The number of methoxy groups -OCH3 is 1. The van der Waals surface area contributed by atoms with Crippen LogP contribution in [-0.2, 0) is 17.0 Å². The fourth-order valence-electron chi connectivity index (χ4n) is 1.25. The highest BCUT2D eigenvalue weighted by Crippen LogP contribution is 2.17. The molecule has 1 rings (SSSR count). The van der Waals surface area contributed by atoms with E-state index in [9.17, 15) is 4.39 Å². The molecule has 0 heterocycles. The molecule has 15 heavy (non-hydrogen) atoms. The molecular formula is C11H16FNOS. The van der Waals surface area contributed by atoms with Crippen molar-refractivity contribution in [2.45, 2.75) is 12.3 Å². The predicted molar refractivity (Wildman–Crippen MR) is 62.3 cm³/mol. The molecule has 0 radical (unpaired) electrons. The maximum atomic E-state index is 12.9. The number of nitrogens with two attached hydrogens (primary N) is 1. The Morgan fingerprint density at radius 2 is 2.20 bits per heavy atom. The lowest BCUT2D eigenvalue weighted by atomic mass is 10.1. The van der Waals surface area contributed by atoms with Gasteiger partial charge in [-0.15, -0.1) is 0 Å². The van der Waals surface area contributed by atoms with E-state index in [1.807, 2.05) is 0 Å². The number of hydrogen-bond donors (Lipinski definition) is 1. The molecule has 0 unspecified atom stereocenters. The minimum atomic E-state index is -0.221. The minimum Gasteiger partial charge on any atom is -0.384 e. The fraction of sp³-hybridized carbons (Fsp3) is 0.455. The maximum Gasteiger partial charge on any atom is 0.123 e. The zero-order chi connectivity index (χ0) is 11.1. The molecule has 0 saturated carbocycles. The van der Waals surface area contributed by atoms with Crippen LogP contribution < -0.4 is 5.73 Å². The fourth-order valence-corrected chi connectivity index (χ4v) is 2.18. The summed E-state index contributed by atoms with van der Waals surface area (Å²) < 4.78 is 17.8. The Labute approximate surface area is 94.0 Å². The molecule has 1 aromatic rings. The summed E-state index contributed by atoms with van der Waals surface area (Å²) in [6.07, 6.45) is 0. The first-order valence-electron chi connectivity index (χ1n) is 4.82. The minimum absolute atomic E-state index is 0.221. The van der Waals surface area contributed by atoms with Gasteiger partial charge in [0.05, 0.1) is 6.61 Å². The summed E-state index contributed by atoms with van der Waals surface area (Å²) >= 11 is 1.76. The van der Waals surface area contributed by atoms with Crippen LogP contribution in [0.1, 0.15) is 11.1 Å². The molecule has 1 aromatic carbocycles. The van der Waals surface area contributed by atoms with Crippen molar-refractivity contribution in [3.05, 3.63) is 35.1 Å². The smallest absolute Gasteiger partial charge is 0.123 e. The van der Waals surface area contributed by atoms with Gasteiger partial charge in [-0.3, -0.25) is 0 Å². The normalized spacial score (nSPS) is 10.6. The van der Waals surface area contributed by atoms with Gasteiger partial charge < -0.3 is 10.5 Å². The monoisotopic (exact) mass is 229 g/mol. The van der Waals surface area contributed by atoms with Crippen molar-refractivity contribution < 1.29 is 9.13 Å². The van der Waals surface area contributed by atoms with Gasteiger partial charge in [0.15, 0.2) is 0 Å². The molecule has 0 saturated heterocycles. The Morgan fingerprint density at radius 1 is 1.40 bits per heavy atom. The highest BCUT2D eigenvalue weighted by Gasteiger charge is 2.02. The van der Waals surface area contributed by atoms with Crippen molar-refractivity contribution in [3.8, 4) is 0 Å². The van der Waals surface area contributed by atoms with Gasteiger partial charge in [-0.1, -0.05) is 6.07 Å². The molecular weight excluding hydrogens is 213 g/mol. The zero-order valence-corrected chi connectivity index (χ0v) is 9.65. The van der Waals surface area contributed by atoms with E-state index >= 15 is 0 Å². The van der Waals surface area contributed by atoms with E-state index in [1.165, 1.54) is 12.1 Å². The number of rotatable bonds is 6. The van der Waals surface area contributed by atoms with Gasteiger partial charge in [0.2, 0.25) is 0 Å². The van der Waals surface area contributed by atoms with E-state index in [-0.39, 0.29) is 5.82 Å². The molecule has 0 atom stereocenters. The molecule has 0 spiro atoms. The first kappa shape index (κ1) is 12.5. The molecule has 0 bridgehead atoms. The number of halogens is 1. The molecule has 0 fully saturated rings. The Kier molecular flexibility index (Phi) is 5.68. The van der Waals surface area contributed by atoms with Crippen molar-refractivity contribution in [1.82, 2.24) is 0 Å². The summed E-state index contributed by atoms with van der Waals surface area (Å²) in [5.41, 5.74) is 7.55. The maximum absolute atomic E-state index is 12.9. The topological polar surface area (TPSA) is 35.2 Å². The third-order valence-electron chi connectivity index (χ3n) is 2.08. The van der Waals surface area contributed by atoms with Crippen LogP contribution >= 0.6 is 11.8 Å². The van der Waals surface area contributed by atoms with Gasteiger partial charge in [-0.25, -0.2) is 4.39 Å². The third kappa shape index (κ3) is 4.20. The number of thioether (sulfide) groups is 1. The first-order chi connectivity index (χ1) is 7.27. The second-order valence-corrected chi connectivity index (χ2v) is 4.27. The molecule has 0 amide bonds. The average Bonchev–Trinajstić information content (AvgIpc) is 2.26. The van der Waals surface area contributed by atoms with Gasteiger partial charge >= 0.3 is 0 Å². The Hall–Kier alpha value is -0.580. The Bertz CT molecular complexity index is 307. The van der Waals surface area contributed by atoms with Gasteiger partial charge in [0.25, 0.3) is 0 Å². The number of ether oxygens (including phenoxy) is 1. The van der Waals surface area contributed by atoms with Gasteiger partial charge in [0.1, 0.15) is 5.82 Å². The molecule has 2 N–H and O–H groups in total. The van der Waals surface area contributed by atoms with Crippen molar-refractivity contribution in [1.29, 1.82) is 0 Å². The number of hydrogen-bond acceptors (Lipinski definition) is 3. The molecule has 0 aliphatic rings. The van der Waals surface area contributed by atoms with Crippen molar-refractivity contribution in [3.63, 3.8) is 0 Å². The van der Waals surface area contributed by atoms with E-state index in [0.717, 1.165) is 29.2 Å². The lowest BCUT2D eigenvalue weighted by Crippen LogP contribution is -2.02. The van der Waals surface area contributed by atoms with Crippen molar-refractivity contribution in [2.24, 2.45) is 5.73 Å². The van der Waals surface area contributed by atoms with Gasteiger partial charge in [-0.2, -0.15) is 11.8 Å². The van der Waals surface area contributed by atoms with E-state index < -0.39 is 0 Å². The Balaban J connectivity index is 2.52. The van der Waals surface area contributed by atoms with Crippen LogP contribution in [0.2, 0.25) is 0 Å². The van der Waals surface area contributed by atoms with Crippen molar-refractivity contribution in [2.75, 3.05) is 19.5 Å². The molecule has 2 nitrogen and oxygen atoms in total. The summed E-state index contributed by atoms with van der Waals surface area (Å²) in [6, 6.07) is 4.79. The average molecular weight is 229 g/mol. The summed E-state index contributed by atoms with van der Waals surface area (Å²) in [5.74, 6) is 1.58. The number of benzene rings is 1. The summed E-state index contributed by atoms with van der Waals surface area (Å²) in [4.78, 5) is 0. The second kappa shape index (κ2) is 6.82. The highest BCUT2D eigenvalue weighted by atomic mass is 32.2. The van der Waals surface area contributed by atoms with Crippen LogP contribution in [0.25, 0.3) is 0 Å². The zero-order valence-electron chi connectivity index (χ0n) is 8.83. The second-order valence-electron chi connectivity index (χ2n) is 3.16. The van der Waals surface area contributed by atoms with Crippen LogP contribution in [0.5, 0.6) is 0 Å². The summed E-state index contributed by atoms with van der Waals surface area (Å²) in [7, 11) is 1.68. The largest absolute Gasteiger partial charge is 0.384 e. The lowest BCUT2D eigenvalue weighted by molar-refractivity contribution is 0.218. The molecule has 0 aliphatic carbocycles. The van der Waals surface area contributed by atoms with Crippen LogP contribution in [-0.4, -0.2) is 19.5 Å². The lowest BCUT2D eigenvalue weighted by Gasteiger charge is -2.07. The molecule has 0 aromatic heterocycles. The SMILES string of the molecule is COCCSCc1ccc(F)cc1CN. The van der Waals surface area contributed by atoms with Crippen LogP contribution in [0, 0.1) is 5.82 Å². The van der Waals surface area contributed by atoms with Gasteiger partial charge in [0, 0.05) is 25.2 Å². The summed E-state index contributed by atoms with van der Waals surface area (Å²) in [6.45, 7) is 1.13. The van der Waals surface area contributed by atoms with Crippen molar-refractivity contribution >= 4 is 11.8 Å².